The zero-order valence-corrected chi connectivity index (χ0v) is 14.1. The predicted octanol–water partition coefficient (Wildman–Crippen LogP) is 2.31. The smallest absolute Gasteiger partial charge is 0.243 e. The van der Waals surface area contributed by atoms with E-state index in [9.17, 15) is 0 Å². The molecule has 0 aliphatic rings. The van der Waals surface area contributed by atoms with Gasteiger partial charge < -0.3 is 23.0 Å². The highest BCUT2D eigenvalue weighted by Crippen LogP contribution is 2.23. The van der Waals surface area contributed by atoms with Crippen LogP contribution in [-0.2, 0) is 14.1 Å². The molecule has 0 saturated carbocycles. The van der Waals surface area contributed by atoms with Crippen LogP contribution in [0.4, 0.5) is 0 Å². The molecule has 124 valence electrons. The second kappa shape index (κ2) is 6.28. The molecule has 0 spiro atoms. The first-order valence-corrected chi connectivity index (χ1v) is 7.99. The number of benzene rings is 2. The van der Waals surface area contributed by atoms with Crippen LogP contribution in [0.3, 0.4) is 0 Å². The quantitative estimate of drug-likeness (QED) is 0.417. The fourth-order valence-corrected chi connectivity index (χ4v) is 2.62. The van der Waals surface area contributed by atoms with Crippen molar-refractivity contribution in [2.45, 2.75) is 0 Å². The van der Waals surface area contributed by atoms with Crippen molar-refractivity contribution >= 4 is 0 Å². The molecule has 0 saturated heterocycles. The first-order valence-electron chi connectivity index (χ1n) is 7.99. The molecule has 0 aliphatic carbocycles. The van der Waals surface area contributed by atoms with E-state index in [1.165, 1.54) is 0 Å². The molecule has 0 atom stereocenters. The van der Waals surface area contributed by atoms with Gasteiger partial charge in [0.25, 0.3) is 0 Å². The molecule has 2 heterocycles. The minimum atomic E-state index is 0.779. The van der Waals surface area contributed by atoms with Crippen LogP contribution in [0.15, 0.2) is 73.3 Å². The van der Waals surface area contributed by atoms with E-state index in [2.05, 4.69) is 12.7 Å². The summed E-state index contributed by atoms with van der Waals surface area (Å²) in [5.41, 5.74) is 2.00. The zero-order chi connectivity index (χ0) is 17.2. The van der Waals surface area contributed by atoms with Crippen LogP contribution in [0.25, 0.3) is 11.4 Å². The molecule has 0 fully saturated rings. The zero-order valence-electron chi connectivity index (χ0n) is 14.1. The van der Waals surface area contributed by atoms with E-state index < -0.39 is 0 Å². The third-order valence-corrected chi connectivity index (χ3v) is 3.84. The minimum absolute atomic E-state index is 0.779. The molecule has 5 heteroatoms. The number of aryl methyl sites for hydroxylation is 2. The lowest BCUT2D eigenvalue weighted by Crippen LogP contribution is -2.28. The number of nitrogens with zero attached hydrogens (tertiary/aromatic N) is 4. The van der Waals surface area contributed by atoms with Crippen molar-refractivity contribution in [3.63, 3.8) is 0 Å². The Morgan fingerprint density at radius 1 is 0.760 bits per heavy atom. The van der Waals surface area contributed by atoms with Crippen molar-refractivity contribution in [1.82, 2.24) is 9.13 Å². The average molecular weight is 330 g/mol. The van der Waals surface area contributed by atoms with Gasteiger partial charge in [0.05, 0.1) is 25.5 Å². The molecular weight excluding hydrogens is 312 g/mol. The molecule has 25 heavy (non-hydrogen) atoms. The van der Waals surface area contributed by atoms with Gasteiger partial charge in [-0.3, -0.25) is 0 Å². The highest BCUT2D eigenvalue weighted by atomic mass is 16.5. The normalized spacial score (nSPS) is 10.8. The molecule has 2 aromatic heterocycles. The number of ether oxygens (including phenoxy) is 1. The molecule has 0 aliphatic heterocycles. The van der Waals surface area contributed by atoms with Gasteiger partial charge in [-0.2, -0.15) is 0 Å². The number of hydrogen-bond donors (Lipinski definition) is 0. The Bertz CT molecular complexity index is 934. The highest BCUT2D eigenvalue weighted by Gasteiger charge is 2.03. The standard InChI is InChI=1S/C20H18N4O/c1-21-9-11-23(15-21)17-5-3-7-19(13-17)25-20-8-4-6-18(14-20)24-12-10-22(2)16-24/h3-14H,1-2H3. The van der Waals surface area contributed by atoms with Gasteiger partial charge in [0.15, 0.2) is 0 Å². The van der Waals surface area contributed by atoms with Crippen molar-refractivity contribution in [1.29, 1.82) is 0 Å². The number of hydrogen-bond acceptors (Lipinski definition) is 1. The summed E-state index contributed by atoms with van der Waals surface area (Å²) in [7, 11) is 3.89. The van der Waals surface area contributed by atoms with Gasteiger partial charge in [-0.1, -0.05) is 24.3 Å². The van der Waals surface area contributed by atoms with Crippen molar-refractivity contribution < 1.29 is 13.9 Å². The van der Waals surface area contributed by atoms with Crippen molar-refractivity contribution in [2.24, 2.45) is 14.1 Å². The van der Waals surface area contributed by atoms with E-state index in [4.69, 9.17) is 4.74 Å². The number of imidazole rings is 2. The van der Waals surface area contributed by atoms with Gasteiger partial charge in [-0.15, -0.1) is 0 Å². The van der Waals surface area contributed by atoms with E-state index in [-0.39, 0.29) is 0 Å². The molecule has 0 radical (unpaired) electrons. The molecule has 0 unspecified atom stereocenters. The van der Waals surface area contributed by atoms with Gasteiger partial charge in [-0.25, -0.2) is 0 Å². The molecule has 2 aromatic carbocycles. The summed E-state index contributed by atoms with van der Waals surface area (Å²) in [5.74, 6) is 1.56. The van der Waals surface area contributed by atoms with Gasteiger partial charge in [0.1, 0.15) is 11.5 Å². The fraction of sp³-hybridized carbons (Fsp3) is 0.100. The van der Waals surface area contributed by atoms with E-state index in [1.54, 1.807) is 0 Å². The van der Waals surface area contributed by atoms with Crippen LogP contribution in [0.2, 0.25) is 0 Å². The summed E-state index contributed by atoms with van der Waals surface area (Å²) in [6.45, 7) is 0. The van der Waals surface area contributed by atoms with Gasteiger partial charge in [-0.05, 0) is 24.3 Å². The van der Waals surface area contributed by atoms with Crippen LogP contribution in [0, 0.1) is 12.7 Å². The van der Waals surface area contributed by atoms with Crippen LogP contribution in [0.1, 0.15) is 0 Å². The highest BCUT2D eigenvalue weighted by molar-refractivity contribution is 5.39. The molecule has 4 rings (SSSR count). The van der Waals surface area contributed by atoms with Crippen LogP contribution in [0.5, 0.6) is 11.5 Å². The molecule has 0 bridgehead atoms. The minimum Gasteiger partial charge on any atom is -0.459 e. The Labute approximate surface area is 146 Å². The molecule has 0 N–H and O–H groups in total. The van der Waals surface area contributed by atoms with Crippen LogP contribution < -0.4 is 13.9 Å². The van der Waals surface area contributed by atoms with Gasteiger partial charge in [0, 0.05) is 24.8 Å². The summed E-state index contributed by atoms with van der Waals surface area (Å²) in [6.07, 6.45) is 14.2. The Morgan fingerprint density at radius 2 is 1.24 bits per heavy atom. The molecule has 5 nitrogen and oxygen atoms in total. The maximum atomic E-state index is 6.05. The lowest BCUT2D eigenvalue weighted by molar-refractivity contribution is -0.599. The maximum absolute atomic E-state index is 6.05. The van der Waals surface area contributed by atoms with Crippen molar-refractivity contribution in [3.8, 4) is 22.9 Å². The first-order chi connectivity index (χ1) is 12.2. The lowest BCUT2D eigenvalue weighted by Gasteiger charge is -2.10. The first kappa shape index (κ1) is 15.2. The molecular formula is C20H18N4O. The molecule has 0 amide bonds. The lowest BCUT2D eigenvalue weighted by atomic mass is 10.2. The summed E-state index contributed by atoms with van der Waals surface area (Å²) in [6, 6.07) is 15.9. The summed E-state index contributed by atoms with van der Waals surface area (Å²) < 4.78 is 13.7. The van der Waals surface area contributed by atoms with E-state index in [0.29, 0.717) is 0 Å². The van der Waals surface area contributed by atoms with Gasteiger partial charge in [0.2, 0.25) is 12.7 Å². The van der Waals surface area contributed by atoms with Crippen molar-refractivity contribution in [3.05, 3.63) is 86.0 Å². The monoisotopic (exact) mass is 330 g/mol. The SMILES string of the molecule is Cn1[c-][n+](-c2cccc(Oc3cccc(-[n+]4[c-]n(C)cc4)c3)c2)cc1. The fourth-order valence-electron chi connectivity index (χ4n) is 2.62. The third kappa shape index (κ3) is 3.30. The number of rotatable bonds is 4. The van der Waals surface area contributed by atoms with E-state index in [0.717, 1.165) is 22.9 Å². The summed E-state index contributed by atoms with van der Waals surface area (Å²) >= 11 is 0. The van der Waals surface area contributed by atoms with Gasteiger partial charge >= 0.3 is 0 Å². The topological polar surface area (TPSA) is 26.8 Å². The third-order valence-electron chi connectivity index (χ3n) is 3.84. The van der Waals surface area contributed by atoms with Crippen LogP contribution >= 0.6 is 0 Å². The summed E-state index contributed by atoms with van der Waals surface area (Å²) in [4.78, 5) is 0. The Balaban J connectivity index is 1.60. The second-order valence-electron chi connectivity index (χ2n) is 5.85. The largest absolute Gasteiger partial charge is 0.459 e. The Kier molecular flexibility index (Phi) is 3.82. The van der Waals surface area contributed by atoms with Crippen molar-refractivity contribution in [2.75, 3.05) is 0 Å². The van der Waals surface area contributed by atoms with E-state index >= 15 is 0 Å². The maximum Gasteiger partial charge on any atom is 0.243 e. The average Bonchev–Trinajstić information content (AvgIpc) is 3.24. The number of aromatic nitrogens is 4. The predicted molar refractivity (Wildman–Crippen MR) is 91.6 cm³/mol. The Hall–Kier alpha value is -3.34. The van der Waals surface area contributed by atoms with Crippen LogP contribution in [-0.4, -0.2) is 9.13 Å². The molecule has 4 aromatic rings. The second-order valence-corrected chi connectivity index (χ2v) is 5.85. The Morgan fingerprint density at radius 3 is 1.64 bits per heavy atom. The summed E-state index contributed by atoms with van der Waals surface area (Å²) in [5, 5.41) is 0. The van der Waals surface area contributed by atoms with E-state index in [1.807, 2.05) is 106 Å².